The lowest BCUT2D eigenvalue weighted by Crippen LogP contribution is -2.34. The fraction of sp³-hybridized carbons (Fsp3) is 0.636. The molecule has 0 atom stereocenters. The molecular weight excluding hydrogens is 268 g/mol. The first-order chi connectivity index (χ1) is 7.39. The van der Waals surface area contributed by atoms with Crippen LogP contribution in [0.5, 0.6) is 0 Å². The molecule has 0 aliphatic heterocycles. The van der Waals surface area contributed by atoms with Gasteiger partial charge in [-0.2, -0.15) is 0 Å². The Balaban J connectivity index is 2.50. The first-order valence-electron chi connectivity index (χ1n) is 5.25. The van der Waals surface area contributed by atoms with Crippen molar-refractivity contribution in [1.29, 1.82) is 0 Å². The van der Waals surface area contributed by atoms with Crippen LogP contribution in [0, 0.1) is 5.41 Å². The van der Waals surface area contributed by atoms with Crippen molar-refractivity contribution in [3.8, 4) is 0 Å². The summed E-state index contributed by atoms with van der Waals surface area (Å²) in [6.45, 7) is 6.38. The third-order valence-corrected chi connectivity index (χ3v) is 2.56. The van der Waals surface area contributed by atoms with Crippen LogP contribution in [-0.2, 0) is 0 Å². The average molecular weight is 287 g/mol. The lowest BCUT2D eigenvalue weighted by molar-refractivity contribution is 0.254. The number of aromatic nitrogens is 2. The summed E-state index contributed by atoms with van der Waals surface area (Å²) in [6, 6.07) is 1.88. The summed E-state index contributed by atoms with van der Waals surface area (Å²) in [7, 11) is 4.17. The molecule has 0 aliphatic rings. The molecule has 0 radical (unpaired) electrons. The maximum absolute atomic E-state index is 4.16. The average Bonchev–Trinajstić information content (AvgIpc) is 2.13. The Hall–Kier alpha value is -0.680. The van der Waals surface area contributed by atoms with Gasteiger partial charge in [0.15, 0.2) is 0 Å². The zero-order valence-corrected chi connectivity index (χ0v) is 11.9. The third-order valence-electron chi connectivity index (χ3n) is 2.13. The van der Waals surface area contributed by atoms with E-state index in [-0.39, 0.29) is 5.41 Å². The van der Waals surface area contributed by atoms with E-state index in [1.165, 1.54) is 0 Å². The van der Waals surface area contributed by atoms with Crippen molar-refractivity contribution in [2.75, 3.05) is 32.5 Å². The standard InChI is InChI=1S/C11H19BrN4/c1-11(2,7-16(3)4)6-13-10-5-9(12)14-8-15-10/h5,8H,6-7H2,1-4H3,(H,13,14,15). The third kappa shape index (κ3) is 4.90. The van der Waals surface area contributed by atoms with Crippen LogP contribution in [0.4, 0.5) is 5.82 Å². The van der Waals surface area contributed by atoms with Crippen LogP contribution < -0.4 is 5.32 Å². The number of nitrogens with one attached hydrogen (secondary N) is 1. The molecule has 0 unspecified atom stereocenters. The molecule has 1 N–H and O–H groups in total. The normalized spacial score (nSPS) is 11.9. The molecule has 0 aromatic carbocycles. The van der Waals surface area contributed by atoms with Crippen molar-refractivity contribution in [3.63, 3.8) is 0 Å². The molecule has 0 saturated carbocycles. The van der Waals surface area contributed by atoms with Crippen LogP contribution in [0.3, 0.4) is 0 Å². The van der Waals surface area contributed by atoms with Gasteiger partial charge in [0, 0.05) is 19.2 Å². The molecule has 0 aliphatic carbocycles. The van der Waals surface area contributed by atoms with Gasteiger partial charge in [-0.1, -0.05) is 13.8 Å². The highest BCUT2D eigenvalue weighted by Crippen LogP contribution is 2.17. The monoisotopic (exact) mass is 286 g/mol. The zero-order valence-electron chi connectivity index (χ0n) is 10.3. The molecule has 1 aromatic rings. The van der Waals surface area contributed by atoms with Crippen LogP contribution in [0.1, 0.15) is 13.8 Å². The molecular formula is C11H19BrN4. The summed E-state index contributed by atoms with van der Waals surface area (Å²) in [5, 5.41) is 3.32. The molecule has 90 valence electrons. The number of hydrogen-bond donors (Lipinski definition) is 1. The Bertz CT molecular complexity index is 339. The minimum atomic E-state index is 0.209. The maximum atomic E-state index is 4.16. The Morgan fingerprint density at radius 2 is 2.06 bits per heavy atom. The summed E-state index contributed by atoms with van der Waals surface area (Å²) in [6.07, 6.45) is 1.55. The van der Waals surface area contributed by atoms with Crippen LogP contribution >= 0.6 is 15.9 Å². The highest BCUT2D eigenvalue weighted by atomic mass is 79.9. The zero-order chi connectivity index (χ0) is 12.2. The minimum Gasteiger partial charge on any atom is -0.369 e. The summed E-state index contributed by atoms with van der Waals surface area (Å²) < 4.78 is 0.801. The summed E-state index contributed by atoms with van der Waals surface area (Å²) in [4.78, 5) is 10.3. The highest BCUT2D eigenvalue weighted by Gasteiger charge is 2.18. The van der Waals surface area contributed by atoms with Crippen molar-refractivity contribution < 1.29 is 0 Å². The van der Waals surface area contributed by atoms with E-state index in [4.69, 9.17) is 0 Å². The molecule has 1 aromatic heterocycles. The first-order valence-corrected chi connectivity index (χ1v) is 6.04. The summed E-state index contributed by atoms with van der Waals surface area (Å²) in [5.41, 5.74) is 0.209. The maximum Gasteiger partial charge on any atom is 0.130 e. The van der Waals surface area contributed by atoms with E-state index in [1.807, 2.05) is 6.07 Å². The number of rotatable bonds is 5. The van der Waals surface area contributed by atoms with Crippen molar-refractivity contribution in [3.05, 3.63) is 17.0 Å². The van der Waals surface area contributed by atoms with E-state index in [0.29, 0.717) is 0 Å². The Labute approximate surface area is 106 Å². The van der Waals surface area contributed by atoms with E-state index in [1.54, 1.807) is 6.33 Å². The first kappa shape index (κ1) is 13.4. The second kappa shape index (κ2) is 5.59. The predicted molar refractivity (Wildman–Crippen MR) is 70.6 cm³/mol. The highest BCUT2D eigenvalue weighted by molar-refractivity contribution is 9.10. The topological polar surface area (TPSA) is 41.0 Å². The Kier molecular flexibility index (Phi) is 4.68. The Morgan fingerprint density at radius 1 is 1.38 bits per heavy atom. The van der Waals surface area contributed by atoms with E-state index in [0.717, 1.165) is 23.5 Å². The molecule has 0 amide bonds. The molecule has 4 nitrogen and oxygen atoms in total. The van der Waals surface area contributed by atoms with Gasteiger partial charge in [-0.05, 0) is 35.4 Å². The lowest BCUT2D eigenvalue weighted by Gasteiger charge is -2.28. The molecule has 5 heteroatoms. The summed E-state index contributed by atoms with van der Waals surface area (Å²) in [5.74, 6) is 0.855. The molecule has 1 heterocycles. The van der Waals surface area contributed by atoms with Crippen LogP contribution in [-0.4, -0.2) is 42.1 Å². The predicted octanol–water partition coefficient (Wildman–Crippen LogP) is 2.24. The van der Waals surface area contributed by atoms with Gasteiger partial charge in [-0.3, -0.25) is 0 Å². The van der Waals surface area contributed by atoms with Gasteiger partial charge in [-0.25, -0.2) is 9.97 Å². The van der Waals surface area contributed by atoms with Crippen LogP contribution in [0.25, 0.3) is 0 Å². The van der Waals surface area contributed by atoms with E-state index in [9.17, 15) is 0 Å². The van der Waals surface area contributed by atoms with E-state index >= 15 is 0 Å². The Morgan fingerprint density at radius 3 is 2.62 bits per heavy atom. The molecule has 1 rings (SSSR count). The smallest absolute Gasteiger partial charge is 0.130 e. The van der Waals surface area contributed by atoms with E-state index in [2.05, 4.69) is 64.1 Å². The van der Waals surface area contributed by atoms with Gasteiger partial charge in [0.1, 0.15) is 16.7 Å². The molecule has 0 fully saturated rings. The molecule has 0 saturated heterocycles. The van der Waals surface area contributed by atoms with Gasteiger partial charge >= 0.3 is 0 Å². The van der Waals surface area contributed by atoms with Crippen molar-refractivity contribution in [2.45, 2.75) is 13.8 Å². The largest absolute Gasteiger partial charge is 0.369 e. The van der Waals surface area contributed by atoms with Gasteiger partial charge in [0.2, 0.25) is 0 Å². The summed E-state index contributed by atoms with van der Waals surface area (Å²) >= 11 is 3.32. The minimum absolute atomic E-state index is 0.209. The number of anilines is 1. The number of nitrogens with zero attached hydrogens (tertiary/aromatic N) is 3. The van der Waals surface area contributed by atoms with Crippen molar-refractivity contribution >= 4 is 21.7 Å². The van der Waals surface area contributed by atoms with Gasteiger partial charge < -0.3 is 10.2 Å². The van der Waals surface area contributed by atoms with Gasteiger partial charge in [0.25, 0.3) is 0 Å². The fourth-order valence-electron chi connectivity index (χ4n) is 1.67. The molecule has 0 spiro atoms. The fourth-order valence-corrected chi connectivity index (χ4v) is 1.98. The second-order valence-electron chi connectivity index (χ2n) is 4.98. The molecule has 16 heavy (non-hydrogen) atoms. The van der Waals surface area contributed by atoms with Gasteiger partial charge in [0.05, 0.1) is 0 Å². The van der Waals surface area contributed by atoms with Gasteiger partial charge in [-0.15, -0.1) is 0 Å². The number of hydrogen-bond acceptors (Lipinski definition) is 4. The number of halogens is 1. The van der Waals surface area contributed by atoms with Crippen LogP contribution in [0.2, 0.25) is 0 Å². The van der Waals surface area contributed by atoms with Crippen LogP contribution in [0.15, 0.2) is 17.0 Å². The van der Waals surface area contributed by atoms with E-state index < -0.39 is 0 Å². The van der Waals surface area contributed by atoms with Crippen molar-refractivity contribution in [1.82, 2.24) is 14.9 Å². The molecule has 0 bridgehead atoms. The SMILES string of the molecule is CN(C)CC(C)(C)CNc1cc(Br)ncn1. The lowest BCUT2D eigenvalue weighted by atomic mass is 9.93. The quantitative estimate of drug-likeness (QED) is 0.843. The van der Waals surface area contributed by atoms with Crippen molar-refractivity contribution in [2.24, 2.45) is 5.41 Å². The second-order valence-corrected chi connectivity index (χ2v) is 5.79.